The minimum atomic E-state index is -0.129. The van der Waals surface area contributed by atoms with E-state index < -0.39 is 0 Å². The molecule has 0 N–H and O–H groups in total. The van der Waals surface area contributed by atoms with E-state index in [-0.39, 0.29) is 42.7 Å². The molecular weight excluding hydrogens is 842 g/mol. The summed E-state index contributed by atoms with van der Waals surface area (Å²) in [4.78, 5) is 16.0. The molecule has 1 aliphatic carbocycles. The van der Waals surface area contributed by atoms with Gasteiger partial charge in [0.1, 0.15) is 11.9 Å². The second-order valence-electron chi connectivity index (χ2n) is 17.5. The van der Waals surface area contributed by atoms with Crippen LogP contribution < -0.4 is 4.74 Å². The second-order valence-corrected chi connectivity index (χ2v) is 18.5. The van der Waals surface area contributed by atoms with Crippen molar-refractivity contribution in [2.24, 2.45) is 0 Å². The Morgan fingerprint density at radius 3 is 2.23 bits per heavy atom. The van der Waals surface area contributed by atoms with Gasteiger partial charge in [-0.15, -0.1) is 28.5 Å². The summed E-state index contributed by atoms with van der Waals surface area (Å²) in [6, 6.07) is 25.9. The van der Waals surface area contributed by atoms with Gasteiger partial charge in [0, 0.05) is 38.4 Å². The number of furan rings is 1. The van der Waals surface area contributed by atoms with Gasteiger partial charge in [0.15, 0.2) is 0 Å². The van der Waals surface area contributed by atoms with E-state index in [0.717, 1.165) is 73.1 Å². The van der Waals surface area contributed by atoms with Crippen LogP contribution in [0.4, 0.5) is 0 Å². The van der Waals surface area contributed by atoms with Crippen molar-refractivity contribution in [1.29, 1.82) is 0 Å². The van der Waals surface area contributed by atoms with Crippen LogP contribution in [0.2, 0.25) is 0 Å². The number of para-hydroxylation sites is 1. The maximum absolute atomic E-state index is 6.80. The molecule has 8 rings (SSSR count). The van der Waals surface area contributed by atoms with Crippen molar-refractivity contribution in [3.8, 4) is 34.0 Å². The van der Waals surface area contributed by atoms with Gasteiger partial charge in [-0.25, -0.2) is 4.98 Å². The number of thiophene rings is 1. The minimum absolute atomic E-state index is 0. The molecule has 0 atom stereocenters. The van der Waals surface area contributed by atoms with Crippen LogP contribution in [0.3, 0.4) is 0 Å². The molecule has 268 valence electrons. The number of nitrogens with zero attached hydrogens (tertiary/aromatic N) is 3. The largest absolute Gasteiger partial charge is 2.00 e. The third-order valence-corrected chi connectivity index (χ3v) is 12.1. The summed E-state index contributed by atoms with van der Waals surface area (Å²) in [5.41, 5.74) is 9.58. The standard InChI is InChI=1S/C45H45N3O2S.Pt/c1-42(2,3)27-15-18-46-34(22-27)26-19-28(43(4,5)6)21-29(20-26)49-30-23-32-31-13-11-12-14-35(31)50-39(32)33(24-30)37-40-38(48-25-47-37)36-41(51-40)45(9,10)17-16-44(36,7)8;/h11-15,18-19,21-23,25H,16-17H2,1-10H3;/q-2;+2. The van der Waals surface area contributed by atoms with Gasteiger partial charge >= 0.3 is 21.1 Å². The monoisotopic (exact) mass is 886 g/mol. The number of hydrogen-bond donors (Lipinski definition) is 0. The number of benzene rings is 3. The first-order chi connectivity index (χ1) is 24.0. The van der Waals surface area contributed by atoms with E-state index in [1.807, 2.05) is 41.8 Å². The Labute approximate surface area is 325 Å². The van der Waals surface area contributed by atoms with E-state index in [9.17, 15) is 0 Å². The Bertz CT molecular complexity index is 2490. The van der Waals surface area contributed by atoms with Crippen LogP contribution in [-0.2, 0) is 42.7 Å². The topological polar surface area (TPSA) is 61.0 Å². The average Bonchev–Trinajstić information content (AvgIpc) is 3.67. The van der Waals surface area contributed by atoms with Gasteiger partial charge in [0.25, 0.3) is 0 Å². The van der Waals surface area contributed by atoms with E-state index in [1.165, 1.54) is 16.0 Å². The molecule has 4 heterocycles. The van der Waals surface area contributed by atoms with E-state index in [1.54, 1.807) is 6.33 Å². The Morgan fingerprint density at radius 1 is 0.769 bits per heavy atom. The van der Waals surface area contributed by atoms with E-state index in [2.05, 4.69) is 112 Å². The van der Waals surface area contributed by atoms with Crippen molar-refractivity contribution in [3.05, 3.63) is 101 Å². The molecule has 0 amide bonds. The van der Waals surface area contributed by atoms with E-state index in [0.29, 0.717) is 11.5 Å². The van der Waals surface area contributed by atoms with Crippen LogP contribution in [0.5, 0.6) is 11.5 Å². The first-order valence-electron chi connectivity index (χ1n) is 17.9. The van der Waals surface area contributed by atoms with Gasteiger partial charge in [-0.1, -0.05) is 129 Å². The third-order valence-electron chi connectivity index (χ3n) is 10.6. The Morgan fingerprint density at radius 2 is 1.48 bits per heavy atom. The number of pyridine rings is 1. The van der Waals surface area contributed by atoms with Crippen molar-refractivity contribution in [2.75, 3.05) is 0 Å². The van der Waals surface area contributed by atoms with Gasteiger partial charge in [-0.05, 0) is 63.5 Å². The second kappa shape index (κ2) is 12.6. The molecule has 52 heavy (non-hydrogen) atoms. The van der Waals surface area contributed by atoms with Crippen molar-refractivity contribution in [1.82, 2.24) is 15.0 Å². The molecular formula is C45H45N3O2PtS. The predicted molar refractivity (Wildman–Crippen MR) is 210 cm³/mol. The van der Waals surface area contributed by atoms with Gasteiger partial charge in [-0.2, -0.15) is 0 Å². The maximum Gasteiger partial charge on any atom is 2.00 e. The van der Waals surface area contributed by atoms with Crippen LogP contribution >= 0.6 is 11.3 Å². The molecule has 0 fully saturated rings. The molecule has 0 radical (unpaired) electrons. The zero-order valence-electron chi connectivity index (χ0n) is 31.6. The molecule has 7 heteroatoms. The van der Waals surface area contributed by atoms with Crippen molar-refractivity contribution in [2.45, 2.75) is 104 Å². The fourth-order valence-electron chi connectivity index (χ4n) is 7.35. The smallest absolute Gasteiger partial charge is 0.501 e. The first kappa shape index (κ1) is 36.5. The summed E-state index contributed by atoms with van der Waals surface area (Å²) >= 11 is 1.82. The van der Waals surface area contributed by atoms with Crippen LogP contribution in [-0.4, -0.2) is 15.0 Å². The zero-order valence-corrected chi connectivity index (χ0v) is 34.7. The number of hydrogen-bond acceptors (Lipinski definition) is 6. The molecule has 5 nitrogen and oxygen atoms in total. The summed E-state index contributed by atoms with van der Waals surface area (Å²) in [6.07, 6.45) is 5.83. The average molecular weight is 887 g/mol. The van der Waals surface area contributed by atoms with Crippen molar-refractivity contribution in [3.63, 3.8) is 0 Å². The quantitative estimate of drug-likeness (QED) is 0.165. The Hall–Kier alpha value is -3.86. The summed E-state index contributed by atoms with van der Waals surface area (Å²) < 4.78 is 14.5. The Balaban J connectivity index is 0.00000420. The molecule has 7 aromatic rings. The summed E-state index contributed by atoms with van der Waals surface area (Å²) in [6.45, 7) is 22.7. The third kappa shape index (κ3) is 6.30. The molecule has 0 saturated heterocycles. The van der Waals surface area contributed by atoms with Crippen LogP contribution in [0.1, 0.15) is 104 Å². The normalized spacial score (nSPS) is 15.5. The minimum Gasteiger partial charge on any atom is -0.501 e. The van der Waals surface area contributed by atoms with Crippen molar-refractivity contribution >= 4 is 43.5 Å². The Kier molecular flexibility index (Phi) is 8.86. The summed E-state index contributed by atoms with van der Waals surface area (Å²) in [5, 5.41) is 1.97. The molecule has 0 bridgehead atoms. The van der Waals surface area contributed by atoms with E-state index in [4.69, 9.17) is 24.1 Å². The van der Waals surface area contributed by atoms with Gasteiger partial charge < -0.3 is 14.1 Å². The summed E-state index contributed by atoms with van der Waals surface area (Å²) in [7, 11) is 0. The van der Waals surface area contributed by atoms with Crippen LogP contribution in [0.15, 0.2) is 71.5 Å². The molecule has 4 aromatic heterocycles. The molecule has 1 aliphatic rings. The predicted octanol–water partition coefficient (Wildman–Crippen LogP) is 12.7. The van der Waals surface area contributed by atoms with Gasteiger partial charge in [-0.3, -0.25) is 4.98 Å². The van der Waals surface area contributed by atoms with Crippen LogP contribution in [0.25, 0.3) is 54.7 Å². The van der Waals surface area contributed by atoms with Crippen molar-refractivity contribution < 1.29 is 30.2 Å². The SMILES string of the molecule is CC(C)(C)c1cc(Oc2[c-]c(-c3ncnc4c5c(sc34)C(C)(C)CCC5(C)C)c3oc4ccccc4c3c2)[c-]c(-c2cc(C(C)(C)C)ccn2)c1.[Pt+2]. The molecule has 0 aliphatic heterocycles. The number of ether oxygens (including phenoxy) is 1. The summed E-state index contributed by atoms with van der Waals surface area (Å²) in [5.74, 6) is 1.18. The maximum atomic E-state index is 6.80. The van der Waals surface area contributed by atoms with Gasteiger partial charge in [0.2, 0.25) is 0 Å². The van der Waals surface area contributed by atoms with Gasteiger partial charge in [0.05, 0.1) is 11.1 Å². The molecule has 0 unspecified atom stereocenters. The number of aromatic nitrogens is 3. The first-order valence-corrected chi connectivity index (χ1v) is 18.7. The molecule has 0 spiro atoms. The molecule has 3 aromatic carbocycles. The number of rotatable bonds is 4. The van der Waals surface area contributed by atoms with E-state index >= 15 is 0 Å². The fraction of sp³-hybridized carbons (Fsp3) is 0.356. The van der Waals surface area contributed by atoms with Crippen LogP contribution in [0, 0.1) is 12.1 Å². The molecule has 0 saturated carbocycles. The number of fused-ring (bicyclic) bond motifs is 6. The fourth-order valence-corrected chi connectivity index (χ4v) is 8.91. The zero-order chi connectivity index (χ0) is 36.1.